The average Bonchev–Trinajstić information content (AvgIpc) is 2.61. The van der Waals surface area contributed by atoms with Gasteiger partial charge in [-0.1, -0.05) is 30.3 Å². The highest BCUT2D eigenvalue weighted by Gasteiger charge is 2.23. The van der Waals surface area contributed by atoms with E-state index in [-0.39, 0.29) is 11.8 Å². The molecule has 0 saturated carbocycles. The fourth-order valence-electron chi connectivity index (χ4n) is 2.55. The lowest BCUT2D eigenvalue weighted by atomic mass is 10.2. The molecule has 0 aromatic heterocycles. The van der Waals surface area contributed by atoms with Crippen LogP contribution in [0.3, 0.4) is 0 Å². The zero-order valence-corrected chi connectivity index (χ0v) is 14.2. The first kappa shape index (κ1) is 16.8. The van der Waals surface area contributed by atoms with E-state index in [0.29, 0.717) is 18.0 Å². The van der Waals surface area contributed by atoms with Crippen molar-refractivity contribution in [1.29, 1.82) is 0 Å². The van der Waals surface area contributed by atoms with E-state index in [2.05, 4.69) is 16.0 Å². The zero-order valence-electron chi connectivity index (χ0n) is 14.2. The third-order valence-electron chi connectivity index (χ3n) is 4.00. The first-order valence-corrected chi connectivity index (χ1v) is 8.22. The molecule has 0 radical (unpaired) electrons. The van der Waals surface area contributed by atoms with Gasteiger partial charge in [-0.05, 0) is 37.6 Å². The summed E-state index contributed by atoms with van der Waals surface area (Å²) in [6, 6.07) is 14.7. The van der Waals surface area contributed by atoms with Crippen molar-refractivity contribution in [1.82, 2.24) is 5.32 Å². The Morgan fingerprint density at radius 3 is 2.76 bits per heavy atom. The summed E-state index contributed by atoms with van der Waals surface area (Å²) >= 11 is 0. The fourth-order valence-corrected chi connectivity index (χ4v) is 2.55. The van der Waals surface area contributed by atoms with Crippen molar-refractivity contribution in [3.63, 3.8) is 0 Å². The van der Waals surface area contributed by atoms with E-state index in [4.69, 9.17) is 4.74 Å². The van der Waals surface area contributed by atoms with Gasteiger partial charge in [-0.2, -0.15) is 0 Å². The van der Waals surface area contributed by atoms with Crippen LogP contribution in [-0.4, -0.2) is 24.0 Å². The van der Waals surface area contributed by atoms with Crippen molar-refractivity contribution < 1.29 is 14.3 Å². The smallest absolute Gasteiger partial charge is 0.265 e. The third kappa shape index (κ3) is 4.09. The number of amides is 2. The number of rotatable bonds is 5. The van der Waals surface area contributed by atoms with Crippen LogP contribution in [0.2, 0.25) is 0 Å². The van der Waals surface area contributed by atoms with Crippen molar-refractivity contribution in [3.8, 4) is 5.75 Å². The van der Waals surface area contributed by atoms with Gasteiger partial charge in [0.2, 0.25) is 5.91 Å². The summed E-state index contributed by atoms with van der Waals surface area (Å²) in [5.41, 5.74) is 2.38. The predicted octanol–water partition coefficient (Wildman–Crippen LogP) is 2.52. The van der Waals surface area contributed by atoms with Crippen molar-refractivity contribution in [2.45, 2.75) is 32.5 Å². The van der Waals surface area contributed by atoms with Crippen LogP contribution in [0.4, 0.5) is 11.4 Å². The highest BCUT2D eigenvalue weighted by atomic mass is 16.5. The highest BCUT2D eigenvalue weighted by molar-refractivity contribution is 5.98. The molecule has 0 unspecified atom stereocenters. The molecule has 1 aliphatic heterocycles. The molecule has 2 aromatic carbocycles. The Bertz CT molecular complexity index is 777. The summed E-state index contributed by atoms with van der Waals surface area (Å²) in [4.78, 5) is 23.9. The lowest BCUT2D eigenvalue weighted by Crippen LogP contribution is -2.37. The monoisotopic (exact) mass is 339 g/mol. The van der Waals surface area contributed by atoms with Crippen LogP contribution in [0.1, 0.15) is 19.4 Å². The molecular formula is C19H21N3O3. The zero-order chi connectivity index (χ0) is 17.8. The number of anilines is 2. The van der Waals surface area contributed by atoms with Crippen molar-refractivity contribution >= 4 is 23.2 Å². The molecule has 6 nitrogen and oxygen atoms in total. The molecule has 0 saturated heterocycles. The average molecular weight is 339 g/mol. The highest BCUT2D eigenvalue weighted by Crippen LogP contribution is 2.32. The minimum absolute atomic E-state index is 0.101. The summed E-state index contributed by atoms with van der Waals surface area (Å²) in [7, 11) is 0. The van der Waals surface area contributed by atoms with E-state index >= 15 is 0 Å². The van der Waals surface area contributed by atoms with Gasteiger partial charge in [-0.25, -0.2) is 0 Å². The normalized spacial score (nSPS) is 16.9. The molecule has 130 valence electrons. The van der Waals surface area contributed by atoms with Crippen LogP contribution in [0.5, 0.6) is 5.75 Å². The van der Waals surface area contributed by atoms with Gasteiger partial charge in [-0.3, -0.25) is 9.59 Å². The van der Waals surface area contributed by atoms with Gasteiger partial charge in [0.25, 0.3) is 5.91 Å². The Morgan fingerprint density at radius 1 is 1.24 bits per heavy atom. The molecule has 1 aliphatic rings. The Labute approximate surface area is 146 Å². The van der Waals surface area contributed by atoms with Gasteiger partial charge in [0.15, 0.2) is 6.10 Å². The molecule has 0 spiro atoms. The summed E-state index contributed by atoms with van der Waals surface area (Å²) in [5, 5.41) is 8.83. The molecule has 2 atom stereocenters. The maximum atomic E-state index is 12.2. The van der Waals surface area contributed by atoms with E-state index in [1.165, 1.54) is 0 Å². The van der Waals surface area contributed by atoms with Gasteiger partial charge >= 0.3 is 0 Å². The number of carbonyl (C=O) groups excluding carboxylic acids is 2. The third-order valence-corrected chi connectivity index (χ3v) is 4.00. The van der Waals surface area contributed by atoms with Crippen LogP contribution >= 0.6 is 0 Å². The molecule has 0 fully saturated rings. The molecular weight excluding hydrogens is 318 g/mol. The molecule has 25 heavy (non-hydrogen) atoms. The number of nitrogens with one attached hydrogen (secondary N) is 3. The van der Waals surface area contributed by atoms with Gasteiger partial charge in [0, 0.05) is 12.2 Å². The molecule has 0 bridgehead atoms. The van der Waals surface area contributed by atoms with Crippen LogP contribution in [0.15, 0.2) is 48.5 Å². The van der Waals surface area contributed by atoms with E-state index in [9.17, 15) is 9.59 Å². The minimum Gasteiger partial charge on any atom is -0.479 e. The number of benzene rings is 2. The minimum atomic E-state index is -0.506. The number of fused-ring (bicyclic) bond motifs is 1. The van der Waals surface area contributed by atoms with Crippen LogP contribution in [0, 0.1) is 0 Å². The van der Waals surface area contributed by atoms with Crippen molar-refractivity contribution in [2.75, 3.05) is 10.6 Å². The largest absolute Gasteiger partial charge is 0.479 e. The van der Waals surface area contributed by atoms with Gasteiger partial charge in [-0.15, -0.1) is 0 Å². The topological polar surface area (TPSA) is 79.5 Å². The van der Waals surface area contributed by atoms with Gasteiger partial charge < -0.3 is 20.7 Å². The summed E-state index contributed by atoms with van der Waals surface area (Å²) in [6.07, 6.45) is -0.506. The molecule has 1 heterocycles. The fraction of sp³-hybridized carbons (Fsp3) is 0.263. The molecule has 0 aliphatic carbocycles. The van der Waals surface area contributed by atoms with Crippen LogP contribution in [0.25, 0.3) is 0 Å². The lowest BCUT2D eigenvalue weighted by molar-refractivity contribution is -0.123. The maximum Gasteiger partial charge on any atom is 0.265 e. The maximum absolute atomic E-state index is 12.2. The molecule has 2 aromatic rings. The number of ether oxygens (including phenoxy) is 1. The Balaban J connectivity index is 1.59. The number of carbonyl (C=O) groups is 2. The molecule has 3 N–H and O–H groups in total. The van der Waals surface area contributed by atoms with Gasteiger partial charge in [0.1, 0.15) is 11.8 Å². The quantitative estimate of drug-likeness (QED) is 0.782. The number of hydrogen-bond donors (Lipinski definition) is 3. The predicted molar refractivity (Wildman–Crippen MR) is 96.5 cm³/mol. The molecule has 3 rings (SSSR count). The van der Waals surface area contributed by atoms with E-state index in [0.717, 1.165) is 11.3 Å². The Hall–Kier alpha value is -3.02. The van der Waals surface area contributed by atoms with E-state index in [1.807, 2.05) is 36.4 Å². The second-order valence-corrected chi connectivity index (χ2v) is 6.03. The van der Waals surface area contributed by atoms with E-state index < -0.39 is 12.1 Å². The molecule has 6 heteroatoms. The van der Waals surface area contributed by atoms with E-state index in [1.54, 1.807) is 26.0 Å². The first-order valence-electron chi connectivity index (χ1n) is 8.22. The molecule has 2 amide bonds. The second kappa shape index (κ2) is 7.25. The second-order valence-electron chi connectivity index (χ2n) is 6.03. The summed E-state index contributed by atoms with van der Waals surface area (Å²) in [6.45, 7) is 3.97. The standard InChI is InChI=1S/C19H21N3O3/c1-12(18(23)20-11-14-6-4-3-5-7-14)21-15-8-9-17-16(10-15)22-19(24)13(2)25-17/h3-10,12-13,21H,11H2,1-2H3,(H,20,23)(H,22,24)/t12-,13-/m0/s1. The van der Waals surface area contributed by atoms with Crippen molar-refractivity contribution in [3.05, 3.63) is 54.1 Å². The van der Waals surface area contributed by atoms with Crippen molar-refractivity contribution in [2.24, 2.45) is 0 Å². The lowest BCUT2D eigenvalue weighted by Gasteiger charge is -2.24. The first-order chi connectivity index (χ1) is 12.0. The number of hydrogen-bond acceptors (Lipinski definition) is 4. The SMILES string of the molecule is C[C@H](Nc1ccc2c(c1)NC(=O)[C@H](C)O2)C(=O)NCc1ccccc1. The van der Waals surface area contributed by atoms with Crippen LogP contribution < -0.4 is 20.7 Å². The summed E-state index contributed by atoms with van der Waals surface area (Å²) < 4.78 is 5.52. The summed E-state index contributed by atoms with van der Waals surface area (Å²) in [5.74, 6) is 0.340. The van der Waals surface area contributed by atoms with Crippen LogP contribution in [-0.2, 0) is 16.1 Å². The Kier molecular flexibility index (Phi) is 4.88. The Morgan fingerprint density at radius 2 is 2.00 bits per heavy atom. The van der Waals surface area contributed by atoms with Gasteiger partial charge in [0.05, 0.1) is 5.69 Å².